The van der Waals surface area contributed by atoms with Crippen LogP contribution in [0.15, 0.2) is 42.5 Å². The minimum atomic E-state index is -0.826. The van der Waals surface area contributed by atoms with Crippen LogP contribution in [0.3, 0.4) is 0 Å². The lowest BCUT2D eigenvalue weighted by molar-refractivity contribution is -0.156. The highest BCUT2D eigenvalue weighted by Gasteiger charge is 2.39. The molecule has 3 aliphatic heterocycles. The van der Waals surface area contributed by atoms with Crippen molar-refractivity contribution in [3.8, 4) is 11.5 Å². The Morgan fingerprint density at radius 1 is 1.11 bits per heavy atom. The maximum atomic E-state index is 12.8. The van der Waals surface area contributed by atoms with Crippen LogP contribution in [-0.4, -0.2) is 65.9 Å². The van der Waals surface area contributed by atoms with E-state index in [1.54, 1.807) is 23.1 Å². The summed E-state index contributed by atoms with van der Waals surface area (Å²) in [5.41, 5.74) is 1.76. The second-order valence-electron chi connectivity index (χ2n) is 9.44. The molecule has 0 bridgehead atoms. The lowest BCUT2D eigenvalue weighted by atomic mass is 9.98. The van der Waals surface area contributed by atoms with Gasteiger partial charge in [-0.25, -0.2) is 0 Å². The maximum Gasteiger partial charge on any atom is 0.261 e. The summed E-state index contributed by atoms with van der Waals surface area (Å²) in [6.07, 6.45) is -0.843. The highest BCUT2D eigenvalue weighted by molar-refractivity contribution is 6.30. The van der Waals surface area contributed by atoms with Crippen molar-refractivity contribution in [2.24, 2.45) is 0 Å². The van der Waals surface area contributed by atoms with Gasteiger partial charge in [-0.05, 0) is 50.1 Å². The summed E-state index contributed by atoms with van der Waals surface area (Å²) in [6, 6.07) is 12.6. The number of halogens is 1. The number of hydrogen-bond acceptors (Lipinski definition) is 6. The van der Waals surface area contributed by atoms with E-state index in [0.717, 1.165) is 5.75 Å². The van der Waals surface area contributed by atoms with Gasteiger partial charge >= 0.3 is 0 Å². The summed E-state index contributed by atoms with van der Waals surface area (Å²) >= 11 is 5.99. The Morgan fingerprint density at radius 2 is 1.89 bits per heavy atom. The number of aryl methyl sites for hydroxylation is 1. The molecule has 5 rings (SSSR count). The average molecular weight is 501 g/mol. The summed E-state index contributed by atoms with van der Waals surface area (Å²) in [4.78, 5) is 27.3. The maximum absolute atomic E-state index is 12.8. The van der Waals surface area contributed by atoms with Gasteiger partial charge in [-0.3, -0.25) is 9.59 Å². The minimum Gasteiger partial charge on any atom is -0.487 e. The van der Waals surface area contributed by atoms with Crippen molar-refractivity contribution >= 4 is 23.4 Å². The van der Waals surface area contributed by atoms with E-state index in [-0.39, 0.29) is 37.0 Å². The zero-order valence-electron chi connectivity index (χ0n) is 19.5. The molecule has 2 fully saturated rings. The smallest absolute Gasteiger partial charge is 0.261 e. The molecule has 2 N–H and O–H groups in total. The normalized spacial score (nSPS) is 26.2. The number of benzene rings is 2. The van der Waals surface area contributed by atoms with E-state index >= 15 is 0 Å². The molecule has 0 unspecified atom stereocenters. The molecule has 2 amide bonds. The van der Waals surface area contributed by atoms with Crippen LogP contribution in [0.25, 0.3) is 0 Å². The van der Waals surface area contributed by atoms with E-state index < -0.39 is 18.3 Å². The van der Waals surface area contributed by atoms with Crippen molar-refractivity contribution in [2.45, 2.75) is 56.6 Å². The molecule has 2 aromatic carbocycles. The van der Waals surface area contributed by atoms with Crippen LogP contribution in [-0.2, 0) is 14.3 Å². The Kier molecular flexibility index (Phi) is 6.86. The number of rotatable bonds is 5. The average Bonchev–Trinajstić information content (AvgIpc) is 2.82. The number of carbonyl (C=O) groups is 2. The van der Waals surface area contributed by atoms with Crippen molar-refractivity contribution in [3.05, 3.63) is 58.6 Å². The number of carbonyl (C=O) groups excluding carboxylic acids is 2. The lowest BCUT2D eigenvalue weighted by Gasteiger charge is -2.41. The monoisotopic (exact) mass is 500 g/mol. The number of ether oxygens (including phenoxy) is 3. The third-order valence-corrected chi connectivity index (χ3v) is 6.95. The van der Waals surface area contributed by atoms with E-state index in [4.69, 9.17) is 25.8 Å². The van der Waals surface area contributed by atoms with E-state index in [2.05, 4.69) is 5.32 Å². The summed E-state index contributed by atoms with van der Waals surface area (Å²) in [5, 5.41) is 13.8. The largest absolute Gasteiger partial charge is 0.487 e. The van der Waals surface area contributed by atoms with Crippen LogP contribution in [0.4, 0.5) is 0 Å². The molecule has 186 valence electrons. The van der Waals surface area contributed by atoms with Gasteiger partial charge in [-0.15, -0.1) is 0 Å². The van der Waals surface area contributed by atoms with Gasteiger partial charge in [0.15, 0.2) is 6.10 Å². The van der Waals surface area contributed by atoms with Gasteiger partial charge in [-0.2, -0.15) is 0 Å². The predicted octanol–water partition coefficient (Wildman–Crippen LogP) is 2.79. The first-order chi connectivity index (χ1) is 16.9. The van der Waals surface area contributed by atoms with Gasteiger partial charge < -0.3 is 29.5 Å². The SMILES string of the molecule is Cc1ccc(OC2CN(C(=O)[C@@H]3CC[C@@H](NC(=O)[C@@H]4C[C@H](O)c5cc(Cl)ccc5O4)CO3)C2)cc1. The predicted molar refractivity (Wildman–Crippen MR) is 129 cm³/mol. The van der Waals surface area contributed by atoms with Crippen LogP contribution in [0, 0.1) is 6.92 Å². The molecule has 0 radical (unpaired) electrons. The van der Waals surface area contributed by atoms with Crippen molar-refractivity contribution in [3.63, 3.8) is 0 Å². The molecule has 0 spiro atoms. The molecule has 9 heteroatoms. The summed E-state index contributed by atoms with van der Waals surface area (Å²) in [7, 11) is 0. The fourth-order valence-electron chi connectivity index (χ4n) is 4.64. The van der Waals surface area contributed by atoms with E-state index in [9.17, 15) is 14.7 Å². The first-order valence-corrected chi connectivity index (χ1v) is 12.3. The van der Waals surface area contributed by atoms with Gasteiger partial charge in [0.25, 0.3) is 11.8 Å². The molecule has 0 aromatic heterocycles. The number of aliphatic hydroxyl groups is 1. The van der Waals surface area contributed by atoms with Crippen LogP contribution in [0.5, 0.6) is 11.5 Å². The third-order valence-electron chi connectivity index (χ3n) is 6.71. The van der Waals surface area contributed by atoms with E-state index in [1.807, 2.05) is 31.2 Å². The molecular weight excluding hydrogens is 472 g/mol. The number of hydrogen-bond donors (Lipinski definition) is 2. The Hall–Kier alpha value is -2.81. The third kappa shape index (κ3) is 5.39. The fraction of sp³-hybridized carbons (Fsp3) is 0.462. The van der Waals surface area contributed by atoms with Gasteiger partial charge in [-0.1, -0.05) is 29.3 Å². The number of aliphatic hydroxyl groups excluding tert-OH is 1. The topological polar surface area (TPSA) is 97.3 Å². The van der Waals surface area contributed by atoms with Gasteiger partial charge in [0, 0.05) is 17.0 Å². The molecule has 0 saturated carbocycles. The Labute approximate surface area is 209 Å². The summed E-state index contributed by atoms with van der Waals surface area (Å²) < 4.78 is 17.5. The first-order valence-electron chi connectivity index (χ1n) is 11.9. The van der Waals surface area contributed by atoms with Crippen LogP contribution in [0.1, 0.15) is 36.5 Å². The second kappa shape index (κ2) is 10.0. The molecule has 3 aliphatic rings. The van der Waals surface area contributed by atoms with E-state index in [1.165, 1.54) is 5.56 Å². The molecule has 8 nitrogen and oxygen atoms in total. The first kappa shape index (κ1) is 23.9. The van der Waals surface area contributed by atoms with E-state index in [0.29, 0.717) is 42.3 Å². The molecular formula is C26H29ClN2O6. The van der Waals surface area contributed by atoms with Gasteiger partial charge in [0.2, 0.25) is 0 Å². The standard InChI is InChI=1S/C26H29ClN2O6/c1-15-2-6-18(7-3-15)34-19-12-29(13-19)26(32)23-9-5-17(14-33-23)28-25(31)24-11-21(30)20-10-16(27)4-8-22(20)35-24/h2-4,6-8,10,17,19,21,23-24,30H,5,9,11-14H2,1H3,(H,28,31)/t17-,21+,23+,24+/m1/s1. The highest BCUT2D eigenvalue weighted by atomic mass is 35.5. The number of nitrogens with zero attached hydrogens (tertiary/aromatic N) is 1. The number of nitrogens with one attached hydrogen (secondary N) is 1. The zero-order chi connectivity index (χ0) is 24.5. The quantitative estimate of drug-likeness (QED) is 0.655. The highest BCUT2D eigenvalue weighted by Crippen LogP contribution is 2.36. The van der Waals surface area contributed by atoms with Gasteiger partial charge in [0.1, 0.15) is 23.7 Å². The Morgan fingerprint density at radius 3 is 2.60 bits per heavy atom. The van der Waals surface area contributed by atoms with Crippen molar-refractivity contribution < 1.29 is 28.9 Å². The lowest BCUT2D eigenvalue weighted by Crippen LogP contribution is -2.60. The van der Waals surface area contributed by atoms with Crippen LogP contribution >= 0.6 is 11.6 Å². The zero-order valence-corrected chi connectivity index (χ0v) is 20.2. The van der Waals surface area contributed by atoms with Crippen LogP contribution < -0.4 is 14.8 Å². The second-order valence-corrected chi connectivity index (χ2v) is 9.88. The summed E-state index contributed by atoms with van der Waals surface area (Å²) in [6.45, 7) is 3.36. The molecule has 35 heavy (non-hydrogen) atoms. The van der Waals surface area contributed by atoms with Crippen molar-refractivity contribution in [2.75, 3.05) is 19.7 Å². The molecule has 0 aliphatic carbocycles. The molecule has 4 atom stereocenters. The molecule has 3 heterocycles. The Bertz CT molecular complexity index is 1080. The minimum absolute atomic E-state index is 0.00992. The fourth-order valence-corrected chi connectivity index (χ4v) is 4.82. The van der Waals surface area contributed by atoms with Crippen molar-refractivity contribution in [1.82, 2.24) is 10.2 Å². The van der Waals surface area contributed by atoms with Gasteiger partial charge in [0.05, 0.1) is 31.8 Å². The number of amides is 2. The number of fused-ring (bicyclic) bond motifs is 1. The molecule has 2 saturated heterocycles. The Balaban J connectivity index is 1.05. The summed E-state index contributed by atoms with van der Waals surface area (Å²) in [5.74, 6) is 0.925. The van der Waals surface area contributed by atoms with Crippen molar-refractivity contribution in [1.29, 1.82) is 0 Å². The molecule has 2 aromatic rings. The van der Waals surface area contributed by atoms with Crippen LogP contribution in [0.2, 0.25) is 5.02 Å². The number of likely N-dealkylation sites (tertiary alicyclic amines) is 1.